The van der Waals surface area contributed by atoms with Crippen LogP contribution in [0.15, 0.2) is 12.4 Å². The highest BCUT2D eigenvalue weighted by atomic mass is 19.3. The van der Waals surface area contributed by atoms with Crippen molar-refractivity contribution in [2.75, 3.05) is 26.2 Å². The molecule has 2 unspecified atom stereocenters. The highest BCUT2D eigenvalue weighted by molar-refractivity contribution is 5.81. The molecule has 0 aromatic carbocycles. The predicted molar refractivity (Wildman–Crippen MR) is 84.4 cm³/mol. The predicted octanol–water partition coefficient (Wildman–Crippen LogP) is 1.89. The Labute approximate surface area is 140 Å². The summed E-state index contributed by atoms with van der Waals surface area (Å²) >= 11 is 0. The molecule has 1 amide bonds. The molecular weight excluding hydrogens is 314 g/mol. The Hall–Kier alpha value is -1.50. The molecule has 1 spiro atoms. The largest absolute Gasteiger partial charge is 0.330 e. The molecule has 1 aromatic heterocycles. The van der Waals surface area contributed by atoms with Crippen molar-refractivity contribution < 1.29 is 13.6 Å². The first-order valence-electron chi connectivity index (χ1n) is 8.73. The van der Waals surface area contributed by atoms with E-state index in [9.17, 15) is 13.6 Å². The SMILES string of the molecule is Cn1cc(CN2CCC3(CCCC3C(=O)N3CC(F)(F)C3)C2)cn1. The second-order valence-electron chi connectivity index (χ2n) is 7.84. The van der Waals surface area contributed by atoms with Crippen molar-refractivity contribution in [2.24, 2.45) is 18.4 Å². The monoisotopic (exact) mass is 338 g/mol. The minimum absolute atomic E-state index is 0.00975. The van der Waals surface area contributed by atoms with E-state index in [4.69, 9.17) is 0 Å². The first-order valence-corrected chi connectivity index (χ1v) is 8.73. The zero-order valence-electron chi connectivity index (χ0n) is 14.0. The average molecular weight is 338 g/mol. The van der Waals surface area contributed by atoms with E-state index < -0.39 is 19.0 Å². The first-order chi connectivity index (χ1) is 11.4. The molecular formula is C17H24F2N4O. The summed E-state index contributed by atoms with van der Waals surface area (Å²) in [5, 5.41) is 4.20. The molecule has 1 saturated carbocycles. The summed E-state index contributed by atoms with van der Waals surface area (Å²) < 4.78 is 28.0. The van der Waals surface area contributed by atoms with Gasteiger partial charge >= 0.3 is 0 Å². The lowest BCUT2D eigenvalue weighted by molar-refractivity contribution is -0.172. The Morgan fingerprint density at radius 3 is 2.79 bits per heavy atom. The highest BCUT2D eigenvalue weighted by Gasteiger charge is 2.55. The molecule has 1 aromatic rings. The third-order valence-corrected chi connectivity index (χ3v) is 5.99. The van der Waals surface area contributed by atoms with Crippen LogP contribution in [0.25, 0.3) is 0 Å². The standard InChI is InChI=1S/C17H24F2N4O/c1-21-8-13(7-20-21)9-22-6-5-16(10-22)4-2-3-14(16)15(24)23-11-17(18,19)12-23/h7-8,14H,2-6,9-12H2,1H3. The van der Waals surface area contributed by atoms with E-state index in [2.05, 4.69) is 10.00 Å². The fraction of sp³-hybridized carbons (Fsp3) is 0.765. The van der Waals surface area contributed by atoms with E-state index in [1.807, 2.05) is 19.4 Å². The van der Waals surface area contributed by atoms with Crippen LogP contribution in [-0.4, -0.2) is 57.6 Å². The number of rotatable bonds is 3. The normalized spacial score (nSPS) is 32.5. The van der Waals surface area contributed by atoms with Crippen molar-refractivity contribution in [1.29, 1.82) is 0 Å². The molecule has 4 rings (SSSR count). The van der Waals surface area contributed by atoms with Crippen LogP contribution in [0.4, 0.5) is 8.78 Å². The van der Waals surface area contributed by atoms with Gasteiger partial charge < -0.3 is 4.90 Å². The van der Waals surface area contributed by atoms with Crippen LogP contribution in [0.3, 0.4) is 0 Å². The van der Waals surface area contributed by atoms with E-state index >= 15 is 0 Å². The molecule has 3 heterocycles. The number of nitrogens with zero attached hydrogens (tertiary/aromatic N) is 4. The summed E-state index contributed by atoms with van der Waals surface area (Å²) in [6, 6.07) is 0. The lowest BCUT2D eigenvalue weighted by Crippen LogP contribution is -2.60. The molecule has 24 heavy (non-hydrogen) atoms. The van der Waals surface area contributed by atoms with Crippen LogP contribution in [-0.2, 0) is 18.4 Å². The van der Waals surface area contributed by atoms with Crippen molar-refractivity contribution in [3.05, 3.63) is 18.0 Å². The lowest BCUT2D eigenvalue weighted by atomic mass is 9.76. The fourth-order valence-electron chi connectivity index (χ4n) is 4.83. The minimum Gasteiger partial charge on any atom is -0.330 e. The van der Waals surface area contributed by atoms with Gasteiger partial charge in [-0.2, -0.15) is 5.10 Å². The van der Waals surface area contributed by atoms with Gasteiger partial charge in [0.1, 0.15) is 0 Å². The number of aryl methyl sites for hydroxylation is 1. The Morgan fingerprint density at radius 2 is 2.12 bits per heavy atom. The third-order valence-electron chi connectivity index (χ3n) is 5.99. The number of aromatic nitrogens is 2. The number of amides is 1. The molecule has 3 fully saturated rings. The molecule has 0 radical (unpaired) electrons. The minimum atomic E-state index is -2.68. The second kappa shape index (κ2) is 5.51. The summed E-state index contributed by atoms with van der Waals surface area (Å²) in [6.45, 7) is 1.92. The average Bonchev–Trinajstić information content (AvgIpc) is 3.19. The highest BCUT2D eigenvalue weighted by Crippen LogP contribution is 2.51. The van der Waals surface area contributed by atoms with Gasteiger partial charge in [-0.3, -0.25) is 14.4 Å². The molecule has 3 aliphatic rings. The van der Waals surface area contributed by atoms with Crippen molar-refractivity contribution >= 4 is 5.91 Å². The Kier molecular flexibility index (Phi) is 3.67. The number of likely N-dealkylation sites (tertiary alicyclic amines) is 2. The van der Waals surface area contributed by atoms with Crippen LogP contribution in [0, 0.1) is 11.3 Å². The van der Waals surface area contributed by atoms with E-state index in [1.165, 1.54) is 10.5 Å². The molecule has 132 valence electrons. The Morgan fingerprint density at radius 1 is 1.33 bits per heavy atom. The van der Waals surface area contributed by atoms with E-state index in [1.54, 1.807) is 4.68 Å². The molecule has 2 atom stereocenters. The van der Waals surface area contributed by atoms with Gasteiger partial charge in [0, 0.05) is 37.8 Å². The topological polar surface area (TPSA) is 41.4 Å². The van der Waals surface area contributed by atoms with E-state index in [0.717, 1.165) is 45.3 Å². The summed E-state index contributed by atoms with van der Waals surface area (Å²) in [4.78, 5) is 16.5. The van der Waals surface area contributed by atoms with Gasteiger partial charge in [-0.1, -0.05) is 6.42 Å². The summed E-state index contributed by atoms with van der Waals surface area (Å²) in [5.74, 6) is -2.79. The van der Waals surface area contributed by atoms with Crippen molar-refractivity contribution in [3.8, 4) is 0 Å². The number of alkyl halides is 2. The molecule has 5 nitrogen and oxygen atoms in total. The maximum absolute atomic E-state index is 13.1. The Balaban J connectivity index is 1.41. The van der Waals surface area contributed by atoms with Crippen LogP contribution < -0.4 is 0 Å². The van der Waals surface area contributed by atoms with Gasteiger partial charge in [-0.05, 0) is 31.2 Å². The first kappa shape index (κ1) is 16.0. The van der Waals surface area contributed by atoms with E-state index in [0.29, 0.717) is 0 Å². The van der Waals surface area contributed by atoms with Gasteiger partial charge in [0.2, 0.25) is 5.91 Å². The maximum atomic E-state index is 13.1. The van der Waals surface area contributed by atoms with Gasteiger partial charge in [0.05, 0.1) is 19.3 Å². The second-order valence-corrected chi connectivity index (χ2v) is 7.84. The summed E-state index contributed by atoms with van der Waals surface area (Å²) in [7, 11) is 1.91. The molecule has 0 N–H and O–H groups in total. The number of carbonyl (C=O) groups excluding carboxylic acids is 1. The number of hydrogen-bond donors (Lipinski definition) is 0. The number of carbonyl (C=O) groups is 1. The van der Waals surface area contributed by atoms with Gasteiger partial charge in [0.25, 0.3) is 5.92 Å². The fourth-order valence-corrected chi connectivity index (χ4v) is 4.83. The summed E-state index contributed by atoms with van der Waals surface area (Å²) in [5.41, 5.74) is 1.17. The van der Waals surface area contributed by atoms with Crippen molar-refractivity contribution in [2.45, 2.75) is 38.2 Å². The maximum Gasteiger partial charge on any atom is 0.282 e. The number of halogens is 2. The van der Waals surface area contributed by atoms with Crippen molar-refractivity contribution in [3.63, 3.8) is 0 Å². The van der Waals surface area contributed by atoms with Gasteiger partial charge in [-0.15, -0.1) is 0 Å². The van der Waals surface area contributed by atoms with E-state index in [-0.39, 0.29) is 17.2 Å². The third kappa shape index (κ3) is 2.72. The Bertz CT molecular complexity index is 638. The molecule has 2 saturated heterocycles. The van der Waals surface area contributed by atoms with Crippen LogP contribution >= 0.6 is 0 Å². The van der Waals surface area contributed by atoms with Crippen LogP contribution in [0.1, 0.15) is 31.2 Å². The van der Waals surface area contributed by atoms with Crippen LogP contribution in [0.2, 0.25) is 0 Å². The zero-order valence-corrected chi connectivity index (χ0v) is 14.0. The quantitative estimate of drug-likeness (QED) is 0.845. The smallest absolute Gasteiger partial charge is 0.282 e. The van der Waals surface area contributed by atoms with Gasteiger partial charge in [0.15, 0.2) is 0 Å². The summed E-state index contributed by atoms with van der Waals surface area (Å²) in [6.07, 6.45) is 7.81. The van der Waals surface area contributed by atoms with Crippen LogP contribution in [0.5, 0.6) is 0 Å². The van der Waals surface area contributed by atoms with Gasteiger partial charge in [-0.25, -0.2) is 8.78 Å². The number of hydrogen-bond acceptors (Lipinski definition) is 3. The molecule has 1 aliphatic carbocycles. The van der Waals surface area contributed by atoms with Crippen molar-refractivity contribution in [1.82, 2.24) is 19.6 Å². The molecule has 7 heteroatoms. The zero-order chi connectivity index (χ0) is 16.9. The molecule has 0 bridgehead atoms. The lowest BCUT2D eigenvalue weighted by Gasteiger charge is -2.42. The molecule has 2 aliphatic heterocycles.